The molecule has 0 saturated carbocycles. The van der Waals surface area contributed by atoms with Gasteiger partial charge in [-0.25, -0.2) is 9.97 Å². The number of rotatable bonds is 2. The second-order valence-corrected chi connectivity index (χ2v) is 3.49. The number of nitrogens with zero attached hydrogens (tertiary/aromatic N) is 3. The fourth-order valence-corrected chi connectivity index (χ4v) is 1.47. The molecule has 0 spiro atoms. The largest absolute Gasteiger partial charge is 0.392 e. The molecule has 14 heavy (non-hydrogen) atoms. The van der Waals surface area contributed by atoms with E-state index in [0.29, 0.717) is 11.9 Å². The fraction of sp³-hybridized carbons (Fsp3) is 0.500. The molecule has 0 radical (unpaired) electrons. The number of halogens is 1. The zero-order chi connectivity index (χ0) is 10.1. The summed E-state index contributed by atoms with van der Waals surface area (Å²) in [6.45, 7) is 1.84. The highest BCUT2D eigenvalue weighted by Gasteiger charge is 2.24. The first-order chi connectivity index (χ1) is 6.66. The number of hydrogen-bond acceptors (Lipinski definition) is 5. The quantitative estimate of drug-likeness (QED) is 0.649. The van der Waals surface area contributed by atoms with Gasteiger partial charge < -0.3 is 16.0 Å². The smallest absolute Gasteiger partial charge is 0.241 e. The van der Waals surface area contributed by atoms with Crippen molar-refractivity contribution in [3.63, 3.8) is 0 Å². The van der Waals surface area contributed by atoms with Gasteiger partial charge in [0.1, 0.15) is 12.0 Å². The van der Waals surface area contributed by atoms with E-state index in [2.05, 4.69) is 20.2 Å². The maximum absolute atomic E-state index is 12.9. The highest BCUT2D eigenvalue weighted by molar-refractivity contribution is 5.60. The predicted molar refractivity (Wildman–Crippen MR) is 51.3 cm³/mol. The second kappa shape index (κ2) is 3.38. The molecule has 2 rings (SSSR count). The summed E-state index contributed by atoms with van der Waals surface area (Å²) in [5.74, 6) is -0.286. The maximum Gasteiger partial charge on any atom is 0.241 e. The summed E-state index contributed by atoms with van der Waals surface area (Å²) >= 11 is 0. The highest BCUT2D eigenvalue weighted by atomic mass is 19.1. The third kappa shape index (κ3) is 1.60. The Morgan fingerprint density at radius 2 is 2.29 bits per heavy atom. The van der Waals surface area contributed by atoms with Crippen molar-refractivity contribution in [2.75, 3.05) is 31.2 Å². The molecule has 1 aromatic heterocycles. The van der Waals surface area contributed by atoms with Crippen LogP contribution in [0.25, 0.3) is 0 Å². The number of nitrogen functional groups attached to an aromatic ring is 1. The van der Waals surface area contributed by atoms with E-state index in [-0.39, 0.29) is 5.69 Å². The first-order valence-corrected chi connectivity index (χ1v) is 4.38. The molecule has 1 aromatic rings. The van der Waals surface area contributed by atoms with E-state index in [1.165, 1.54) is 0 Å². The predicted octanol–water partition coefficient (Wildman–Crippen LogP) is -0.0762. The molecule has 6 heteroatoms. The molecule has 5 nitrogen and oxygen atoms in total. The number of aromatic nitrogens is 2. The minimum absolute atomic E-state index is 0.0120. The van der Waals surface area contributed by atoms with Crippen LogP contribution in [-0.2, 0) is 0 Å². The van der Waals surface area contributed by atoms with Gasteiger partial charge >= 0.3 is 0 Å². The van der Waals surface area contributed by atoms with Gasteiger partial charge in [-0.1, -0.05) is 0 Å². The number of likely N-dealkylation sites (tertiary alicyclic amines) is 1. The number of hydrogen-bond donors (Lipinski definition) is 2. The molecule has 0 amide bonds. The summed E-state index contributed by atoms with van der Waals surface area (Å²) in [7, 11) is 2.02. The van der Waals surface area contributed by atoms with Gasteiger partial charge in [0.25, 0.3) is 0 Å². The van der Waals surface area contributed by atoms with E-state index in [0.717, 1.165) is 19.4 Å². The molecule has 0 aliphatic carbocycles. The SMILES string of the molecule is CN1CC(Nc2ncnc(F)c2N)C1. The van der Waals surface area contributed by atoms with Crippen molar-refractivity contribution in [2.45, 2.75) is 6.04 Å². The summed E-state index contributed by atoms with van der Waals surface area (Å²) < 4.78 is 12.9. The maximum atomic E-state index is 12.9. The van der Waals surface area contributed by atoms with E-state index in [9.17, 15) is 4.39 Å². The van der Waals surface area contributed by atoms with Crippen molar-refractivity contribution in [2.24, 2.45) is 0 Å². The summed E-state index contributed by atoms with van der Waals surface area (Å²) in [6.07, 6.45) is 1.16. The lowest BCUT2D eigenvalue weighted by Gasteiger charge is -2.36. The summed E-state index contributed by atoms with van der Waals surface area (Å²) in [5.41, 5.74) is 5.46. The van der Waals surface area contributed by atoms with Gasteiger partial charge in [-0.2, -0.15) is 4.39 Å². The Kier molecular flexibility index (Phi) is 2.20. The molecule has 0 unspecified atom stereocenters. The monoisotopic (exact) mass is 197 g/mol. The summed E-state index contributed by atoms with van der Waals surface area (Å²) in [4.78, 5) is 9.38. The number of nitrogens with one attached hydrogen (secondary N) is 1. The van der Waals surface area contributed by atoms with Crippen LogP contribution in [0.5, 0.6) is 0 Å². The van der Waals surface area contributed by atoms with E-state index >= 15 is 0 Å². The van der Waals surface area contributed by atoms with E-state index in [1.807, 2.05) is 7.05 Å². The van der Waals surface area contributed by atoms with Gasteiger partial charge in [-0.15, -0.1) is 0 Å². The third-order valence-electron chi connectivity index (χ3n) is 2.24. The third-order valence-corrected chi connectivity index (χ3v) is 2.24. The normalized spacial score (nSPS) is 17.9. The van der Waals surface area contributed by atoms with Crippen LogP contribution in [0.3, 0.4) is 0 Å². The van der Waals surface area contributed by atoms with Crippen molar-refractivity contribution >= 4 is 11.5 Å². The Bertz CT molecular complexity index is 337. The fourth-order valence-electron chi connectivity index (χ4n) is 1.47. The summed E-state index contributed by atoms with van der Waals surface area (Å²) in [6, 6.07) is 0.302. The first-order valence-electron chi connectivity index (χ1n) is 4.38. The van der Waals surface area contributed by atoms with Gasteiger partial charge in [0.05, 0.1) is 6.04 Å². The molecule has 1 fully saturated rings. The number of likely N-dealkylation sites (N-methyl/N-ethyl adjacent to an activating group) is 1. The molecule has 0 bridgehead atoms. The van der Waals surface area contributed by atoms with Gasteiger partial charge in [-0.05, 0) is 7.05 Å². The Hall–Kier alpha value is -1.43. The van der Waals surface area contributed by atoms with Crippen molar-refractivity contribution in [3.05, 3.63) is 12.3 Å². The molecule has 3 N–H and O–H groups in total. The van der Waals surface area contributed by atoms with Gasteiger partial charge in [-0.3, -0.25) is 0 Å². The van der Waals surface area contributed by atoms with Gasteiger partial charge in [0, 0.05) is 13.1 Å². The first kappa shape index (κ1) is 9.14. The van der Waals surface area contributed by atoms with Gasteiger partial charge in [0.2, 0.25) is 5.95 Å². The Morgan fingerprint density at radius 1 is 1.57 bits per heavy atom. The Balaban J connectivity index is 2.06. The molecule has 0 aromatic carbocycles. The number of anilines is 2. The molecular weight excluding hydrogens is 185 g/mol. The molecule has 1 aliphatic rings. The number of nitrogens with two attached hydrogens (primary N) is 1. The lowest BCUT2D eigenvalue weighted by molar-refractivity contribution is 0.205. The standard InChI is InChI=1S/C8H12FN5/c1-14-2-5(3-14)13-8-6(10)7(9)11-4-12-8/h4-5H,2-3,10H2,1H3,(H,11,12,13). The zero-order valence-electron chi connectivity index (χ0n) is 7.87. The van der Waals surface area contributed by atoms with Crippen LogP contribution in [0.15, 0.2) is 6.33 Å². The molecular formula is C8H12FN5. The van der Waals surface area contributed by atoms with Crippen molar-refractivity contribution < 1.29 is 4.39 Å². The summed E-state index contributed by atoms with van der Waals surface area (Å²) in [5, 5.41) is 3.06. The highest BCUT2D eigenvalue weighted by Crippen LogP contribution is 2.19. The Labute approximate surface area is 81.1 Å². The molecule has 1 saturated heterocycles. The average molecular weight is 197 g/mol. The van der Waals surface area contributed by atoms with Crippen LogP contribution in [0, 0.1) is 5.95 Å². The van der Waals surface area contributed by atoms with E-state index < -0.39 is 5.95 Å². The van der Waals surface area contributed by atoms with Crippen molar-refractivity contribution in [3.8, 4) is 0 Å². The van der Waals surface area contributed by atoms with Crippen LogP contribution < -0.4 is 11.1 Å². The van der Waals surface area contributed by atoms with Gasteiger partial charge in [0.15, 0.2) is 5.82 Å². The van der Waals surface area contributed by atoms with E-state index in [1.54, 1.807) is 0 Å². The van der Waals surface area contributed by atoms with E-state index in [4.69, 9.17) is 5.73 Å². The lowest BCUT2D eigenvalue weighted by atomic mass is 10.1. The van der Waals surface area contributed by atoms with Crippen LogP contribution in [0.2, 0.25) is 0 Å². The molecule has 2 heterocycles. The van der Waals surface area contributed by atoms with Crippen LogP contribution in [-0.4, -0.2) is 41.0 Å². The van der Waals surface area contributed by atoms with Crippen molar-refractivity contribution in [1.82, 2.24) is 14.9 Å². The molecule has 1 aliphatic heterocycles. The second-order valence-electron chi connectivity index (χ2n) is 3.49. The zero-order valence-corrected chi connectivity index (χ0v) is 7.87. The van der Waals surface area contributed by atoms with Crippen LogP contribution in [0.4, 0.5) is 15.9 Å². The minimum atomic E-state index is -0.671. The topological polar surface area (TPSA) is 67.1 Å². The average Bonchev–Trinajstić information content (AvgIpc) is 2.10. The van der Waals surface area contributed by atoms with Crippen LogP contribution >= 0.6 is 0 Å². The van der Waals surface area contributed by atoms with Crippen molar-refractivity contribution in [1.29, 1.82) is 0 Å². The lowest BCUT2D eigenvalue weighted by Crippen LogP contribution is -2.52. The molecule has 76 valence electrons. The molecule has 0 atom stereocenters. The minimum Gasteiger partial charge on any atom is -0.392 e. The van der Waals surface area contributed by atoms with Crippen LogP contribution in [0.1, 0.15) is 0 Å². The Morgan fingerprint density at radius 3 is 2.93 bits per heavy atom.